The first-order valence-corrected chi connectivity index (χ1v) is 7.01. The van der Waals surface area contributed by atoms with Crippen LogP contribution in [-0.4, -0.2) is 44.7 Å². The molecule has 0 fully saturated rings. The van der Waals surface area contributed by atoms with Gasteiger partial charge < -0.3 is 15.0 Å². The lowest BCUT2D eigenvalue weighted by Crippen LogP contribution is -2.43. The summed E-state index contributed by atoms with van der Waals surface area (Å²) in [7, 11) is 3.47. The van der Waals surface area contributed by atoms with Crippen LogP contribution in [0.4, 0.5) is 0 Å². The molecule has 1 aliphatic heterocycles. The zero-order chi connectivity index (χ0) is 15.1. The van der Waals surface area contributed by atoms with Gasteiger partial charge in [-0.15, -0.1) is 6.42 Å². The Morgan fingerprint density at radius 3 is 3.00 bits per heavy atom. The third-order valence-electron chi connectivity index (χ3n) is 3.51. The molecule has 1 aromatic rings. The summed E-state index contributed by atoms with van der Waals surface area (Å²) in [6.07, 6.45) is 8.49. The summed E-state index contributed by atoms with van der Waals surface area (Å²) in [5.41, 5.74) is 2.57. The SMILES string of the molecule is C#CCNC(=NC)N1CC=C(c2cccc(OC)c2)CC1. The Morgan fingerprint density at radius 2 is 2.38 bits per heavy atom. The summed E-state index contributed by atoms with van der Waals surface area (Å²) >= 11 is 0. The summed E-state index contributed by atoms with van der Waals surface area (Å²) in [6, 6.07) is 8.18. The molecule has 0 atom stereocenters. The molecule has 4 nitrogen and oxygen atoms in total. The smallest absolute Gasteiger partial charge is 0.194 e. The minimum atomic E-state index is 0.496. The topological polar surface area (TPSA) is 36.9 Å². The summed E-state index contributed by atoms with van der Waals surface area (Å²) in [5.74, 6) is 4.32. The highest BCUT2D eigenvalue weighted by Crippen LogP contribution is 2.25. The van der Waals surface area contributed by atoms with E-state index >= 15 is 0 Å². The van der Waals surface area contributed by atoms with Crippen molar-refractivity contribution in [2.75, 3.05) is 33.8 Å². The van der Waals surface area contributed by atoms with Crippen molar-refractivity contribution in [2.24, 2.45) is 4.99 Å². The molecule has 0 aliphatic carbocycles. The molecule has 0 radical (unpaired) electrons. The molecule has 0 unspecified atom stereocenters. The second-order valence-electron chi connectivity index (χ2n) is 4.76. The highest BCUT2D eigenvalue weighted by Gasteiger charge is 2.16. The number of hydrogen-bond donors (Lipinski definition) is 1. The van der Waals surface area contributed by atoms with Crippen LogP contribution in [0.3, 0.4) is 0 Å². The third-order valence-corrected chi connectivity index (χ3v) is 3.51. The molecule has 1 aliphatic rings. The first-order valence-electron chi connectivity index (χ1n) is 7.01. The summed E-state index contributed by atoms with van der Waals surface area (Å²) in [5, 5.41) is 3.15. The van der Waals surface area contributed by atoms with Crippen molar-refractivity contribution in [3.63, 3.8) is 0 Å². The first kappa shape index (κ1) is 15.0. The van der Waals surface area contributed by atoms with E-state index in [1.54, 1.807) is 14.2 Å². The lowest BCUT2D eigenvalue weighted by atomic mass is 9.99. The molecule has 110 valence electrons. The Hall–Kier alpha value is -2.41. The predicted octanol–water partition coefficient (Wildman–Crippen LogP) is 1.99. The van der Waals surface area contributed by atoms with E-state index in [2.05, 4.69) is 39.3 Å². The molecular formula is C17H21N3O. The minimum absolute atomic E-state index is 0.496. The number of rotatable bonds is 3. The van der Waals surface area contributed by atoms with E-state index in [1.807, 2.05) is 12.1 Å². The molecule has 4 heteroatoms. The van der Waals surface area contributed by atoms with Crippen LogP contribution in [0, 0.1) is 12.3 Å². The first-order chi connectivity index (χ1) is 10.3. The molecule has 0 saturated carbocycles. The van der Waals surface area contributed by atoms with Crippen LogP contribution in [0.1, 0.15) is 12.0 Å². The Labute approximate surface area is 126 Å². The molecule has 1 heterocycles. The van der Waals surface area contributed by atoms with Crippen LogP contribution in [-0.2, 0) is 0 Å². The van der Waals surface area contributed by atoms with Crippen molar-refractivity contribution in [3.05, 3.63) is 35.9 Å². The van der Waals surface area contributed by atoms with Crippen LogP contribution in [0.25, 0.3) is 5.57 Å². The number of hydrogen-bond acceptors (Lipinski definition) is 2. The molecule has 0 amide bonds. The Balaban J connectivity index is 2.06. The lowest BCUT2D eigenvalue weighted by molar-refractivity contribution is 0.414. The standard InChI is InChI=1S/C17H21N3O/c1-4-10-19-17(18-2)20-11-8-14(9-12-20)15-6-5-7-16(13-15)21-3/h1,5-8,13H,9-12H2,2-3H3,(H,18,19). The molecule has 1 N–H and O–H groups in total. The van der Waals surface area contributed by atoms with Gasteiger partial charge in [0, 0.05) is 20.1 Å². The van der Waals surface area contributed by atoms with Gasteiger partial charge >= 0.3 is 0 Å². The largest absolute Gasteiger partial charge is 0.497 e. The Bertz CT molecular complexity index is 584. The van der Waals surface area contributed by atoms with Crippen molar-refractivity contribution in [1.82, 2.24) is 10.2 Å². The van der Waals surface area contributed by atoms with Crippen molar-refractivity contribution >= 4 is 11.5 Å². The molecule has 0 bridgehead atoms. The molecule has 0 spiro atoms. The summed E-state index contributed by atoms with van der Waals surface area (Å²) < 4.78 is 5.28. The highest BCUT2D eigenvalue weighted by molar-refractivity contribution is 5.81. The molecule has 0 saturated heterocycles. The third kappa shape index (κ3) is 3.79. The number of methoxy groups -OCH3 is 1. The maximum absolute atomic E-state index is 5.28. The van der Waals surface area contributed by atoms with E-state index in [4.69, 9.17) is 11.2 Å². The van der Waals surface area contributed by atoms with Gasteiger partial charge in [-0.3, -0.25) is 4.99 Å². The van der Waals surface area contributed by atoms with Gasteiger partial charge in [-0.25, -0.2) is 0 Å². The van der Waals surface area contributed by atoms with E-state index in [0.717, 1.165) is 31.2 Å². The maximum Gasteiger partial charge on any atom is 0.194 e. The van der Waals surface area contributed by atoms with E-state index in [-0.39, 0.29) is 0 Å². The van der Waals surface area contributed by atoms with Gasteiger partial charge in [0.1, 0.15) is 5.75 Å². The second kappa shape index (κ2) is 7.39. The fraction of sp³-hybridized carbons (Fsp3) is 0.353. The predicted molar refractivity (Wildman–Crippen MR) is 87.4 cm³/mol. The van der Waals surface area contributed by atoms with Crippen molar-refractivity contribution in [3.8, 4) is 18.1 Å². The van der Waals surface area contributed by atoms with Crippen molar-refractivity contribution < 1.29 is 4.74 Å². The molecule has 1 aromatic carbocycles. The summed E-state index contributed by atoms with van der Waals surface area (Å²) in [4.78, 5) is 6.46. The average Bonchev–Trinajstić information content (AvgIpc) is 2.56. The average molecular weight is 283 g/mol. The van der Waals surface area contributed by atoms with Crippen LogP contribution in [0.2, 0.25) is 0 Å². The Morgan fingerprint density at radius 1 is 1.52 bits per heavy atom. The molecule has 21 heavy (non-hydrogen) atoms. The monoisotopic (exact) mass is 283 g/mol. The van der Waals surface area contributed by atoms with E-state index in [0.29, 0.717) is 6.54 Å². The second-order valence-corrected chi connectivity index (χ2v) is 4.76. The number of aliphatic imine (C=N–C) groups is 1. The van der Waals surface area contributed by atoms with Gasteiger partial charge in [0.2, 0.25) is 0 Å². The minimum Gasteiger partial charge on any atom is -0.497 e. The van der Waals surface area contributed by atoms with Crippen molar-refractivity contribution in [1.29, 1.82) is 0 Å². The van der Waals surface area contributed by atoms with Gasteiger partial charge in [0.05, 0.1) is 13.7 Å². The van der Waals surface area contributed by atoms with Crippen molar-refractivity contribution in [2.45, 2.75) is 6.42 Å². The molecular weight excluding hydrogens is 262 g/mol. The fourth-order valence-electron chi connectivity index (χ4n) is 2.41. The number of nitrogens with zero attached hydrogens (tertiary/aromatic N) is 2. The summed E-state index contributed by atoms with van der Waals surface area (Å²) in [6.45, 7) is 2.25. The zero-order valence-corrected chi connectivity index (χ0v) is 12.6. The Kier molecular flexibility index (Phi) is 5.28. The quantitative estimate of drug-likeness (QED) is 0.524. The van der Waals surface area contributed by atoms with Crippen LogP contribution in [0.15, 0.2) is 35.3 Å². The van der Waals surface area contributed by atoms with Crippen LogP contribution < -0.4 is 10.1 Å². The van der Waals surface area contributed by atoms with Crippen LogP contribution >= 0.6 is 0 Å². The number of guanidine groups is 1. The van der Waals surface area contributed by atoms with Gasteiger partial charge in [0.25, 0.3) is 0 Å². The fourth-order valence-corrected chi connectivity index (χ4v) is 2.41. The van der Waals surface area contributed by atoms with E-state index < -0.39 is 0 Å². The number of ether oxygens (including phenoxy) is 1. The number of terminal acetylenes is 1. The maximum atomic E-state index is 5.28. The lowest BCUT2D eigenvalue weighted by Gasteiger charge is -2.29. The molecule has 2 rings (SSSR count). The van der Waals surface area contributed by atoms with Gasteiger partial charge in [0.15, 0.2) is 5.96 Å². The van der Waals surface area contributed by atoms with Gasteiger partial charge in [-0.2, -0.15) is 0 Å². The van der Waals surface area contributed by atoms with E-state index in [9.17, 15) is 0 Å². The normalized spacial score (nSPS) is 15.2. The number of nitrogens with one attached hydrogen (secondary N) is 1. The van der Waals surface area contributed by atoms with Gasteiger partial charge in [-0.05, 0) is 29.7 Å². The highest BCUT2D eigenvalue weighted by atomic mass is 16.5. The van der Waals surface area contributed by atoms with E-state index in [1.165, 1.54) is 11.1 Å². The number of benzene rings is 1. The molecule has 0 aromatic heterocycles. The zero-order valence-electron chi connectivity index (χ0n) is 12.6. The van der Waals surface area contributed by atoms with Gasteiger partial charge in [-0.1, -0.05) is 24.1 Å². The van der Waals surface area contributed by atoms with Crippen LogP contribution in [0.5, 0.6) is 5.75 Å².